The molecular weight excluding hydrogens is 178 g/mol. The summed E-state index contributed by atoms with van der Waals surface area (Å²) in [6, 6.07) is 3.92. The molecule has 1 fully saturated rings. The van der Waals surface area contributed by atoms with E-state index in [0.717, 1.165) is 31.4 Å². The van der Waals surface area contributed by atoms with E-state index in [-0.39, 0.29) is 6.04 Å². The van der Waals surface area contributed by atoms with Crippen molar-refractivity contribution < 1.29 is 4.79 Å². The van der Waals surface area contributed by atoms with Crippen molar-refractivity contribution in [3.8, 4) is 0 Å². The lowest BCUT2D eigenvalue weighted by Crippen LogP contribution is -2.22. The van der Waals surface area contributed by atoms with Gasteiger partial charge in [-0.25, -0.2) is 4.98 Å². The second-order valence-electron chi connectivity index (χ2n) is 3.48. The average molecular weight is 191 g/mol. The number of nitrogens with zero attached hydrogens (tertiary/aromatic N) is 2. The highest BCUT2D eigenvalue weighted by molar-refractivity contribution is 5.52. The van der Waals surface area contributed by atoms with Crippen LogP contribution >= 0.6 is 0 Å². The molecule has 0 bridgehead atoms. The molecule has 74 valence electrons. The molecule has 1 aromatic heterocycles. The van der Waals surface area contributed by atoms with Gasteiger partial charge in [0.05, 0.1) is 6.04 Å². The Morgan fingerprint density at radius 2 is 2.50 bits per heavy atom. The quantitative estimate of drug-likeness (QED) is 0.708. The maximum Gasteiger partial charge on any atom is 0.210 e. The number of rotatable bonds is 2. The smallest absolute Gasteiger partial charge is 0.210 e. The fraction of sp³-hybridized carbons (Fsp3) is 0.400. The van der Waals surface area contributed by atoms with E-state index < -0.39 is 0 Å². The van der Waals surface area contributed by atoms with Gasteiger partial charge in [-0.15, -0.1) is 0 Å². The fourth-order valence-electron chi connectivity index (χ4n) is 1.96. The summed E-state index contributed by atoms with van der Waals surface area (Å²) in [4.78, 5) is 16.6. The first-order valence-electron chi connectivity index (χ1n) is 4.74. The van der Waals surface area contributed by atoms with Crippen LogP contribution in [0.5, 0.6) is 0 Å². The lowest BCUT2D eigenvalue weighted by molar-refractivity contribution is -0.118. The second-order valence-corrected chi connectivity index (χ2v) is 3.48. The molecule has 0 spiro atoms. The van der Waals surface area contributed by atoms with Gasteiger partial charge in [-0.1, -0.05) is 6.07 Å². The molecule has 1 aliphatic heterocycles. The van der Waals surface area contributed by atoms with E-state index in [0.29, 0.717) is 5.82 Å². The highest BCUT2D eigenvalue weighted by Crippen LogP contribution is 2.32. The Labute approximate surface area is 82.7 Å². The fourth-order valence-corrected chi connectivity index (χ4v) is 1.96. The molecule has 1 amide bonds. The Morgan fingerprint density at radius 1 is 1.64 bits per heavy atom. The van der Waals surface area contributed by atoms with Crippen molar-refractivity contribution in [3.05, 3.63) is 23.9 Å². The molecule has 2 N–H and O–H groups in total. The minimum absolute atomic E-state index is 0.126. The number of aromatic nitrogens is 1. The van der Waals surface area contributed by atoms with Crippen LogP contribution in [-0.4, -0.2) is 22.8 Å². The number of amides is 1. The van der Waals surface area contributed by atoms with E-state index in [2.05, 4.69) is 4.98 Å². The Bertz CT molecular complexity index is 340. The molecule has 14 heavy (non-hydrogen) atoms. The van der Waals surface area contributed by atoms with Gasteiger partial charge in [0.15, 0.2) is 0 Å². The molecule has 1 atom stereocenters. The monoisotopic (exact) mass is 191 g/mol. The minimum Gasteiger partial charge on any atom is -0.383 e. The first-order valence-corrected chi connectivity index (χ1v) is 4.74. The van der Waals surface area contributed by atoms with Gasteiger partial charge in [-0.05, 0) is 18.9 Å². The van der Waals surface area contributed by atoms with E-state index in [1.165, 1.54) is 0 Å². The van der Waals surface area contributed by atoms with E-state index >= 15 is 0 Å². The Morgan fingerprint density at radius 3 is 3.21 bits per heavy atom. The van der Waals surface area contributed by atoms with Crippen molar-refractivity contribution in [2.45, 2.75) is 18.9 Å². The van der Waals surface area contributed by atoms with Gasteiger partial charge < -0.3 is 10.6 Å². The standard InChI is InChI=1S/C10H13N3O/c11-10-8(3-1-5-12-10)9-4-2-6-13(9)7-14/h1,3,5,7,9H,2,4,6H2,(H2,11,12)/t9-/m0/s1. The van der Waals surface area contributed by atoms with Crippen molar-refractivity contribution in [2.75, 3.05) is 12.3 Å². The summed E-state index contributed by atoms with van der Waals surface area (Å²) in [6.45, 7) is 0.822. The summed E-state index contributed by atoms with van der Waals surface area (Å²) >= 11 is 0. The van der Waals surface area contributed by atoms with Crippen molar-refractivity contribution >= 4 is 12.2 Å². The predicted octanol–water partition coefficient (Wildman–Crippen LogP) is 0.957. The third kappa shape index (κ3) is 1.43. The first kappa shape index (κ1) is 8.99. The Kier molecular flexibility index (Phi) is 2.35. The SMILES string of the molecule is Nc1ncccc1[C@@H]1CCCN1C=O. The number of anilines is 1. The largest absolute Gasteiger partial charge is 0.383 e. The zero-order chi connectivity index (χ0) is 9.97. The molecular formula is C10H13N3O. The van der Waals surface area contributed by atoms with E-state index in [1.54, 1.807) is 11.1 Å². The summed E-state index contributed by atoms with van der Waals surface area (Å²) in [7, 11) is 0. The molecule has 0 unspecified atom stereocenters. The van der Waals surface area contributed by atoms with Crippen molar-refractivity contribution in [2.24, 2.45) is 0 Å². The van der Waals surface area contributed by atoms with Gasteiger partial charge in [0.25, 0.3) is 0 Å². The number of carbonyl (C=O) groups excluding carboxylic acids is 1. The number of carbonyl (C=O) groups is 1. The average Bonchev–Trinajstić information content (AvgIpc) is 2.66. The molecule has 0 radical (unpaired) electrons. The van der Waals surface area contributed by atoms with Gasteiger partial charge in [-0.3, -0.25) is 4.79 Å². The van der Waals surface area contributed by atoms with E-state index in [9.17, 15) is 4.79 Å². The molecule has 0 aliphatic carbocycles. The molecule has 0 saturated carbocycles. The van der Waals surface area contributed by atoms with Gasteiger partial charge in [-0.2, -0.15) is 0 Å². The lowest BCUT2D eigenvalue weighted by atomic mass is 10.1. The van der Waals surface area contributed by atoms with Crippen molar-refractivity contribution in [1.82, 2.24) is 9.88 Å². The van der Waals surface area contributed by atoms with Crippen LogP contribution < -0.4 is 5.73 Å². The molecule has 0 aromatic carbocycles. The maximum absolute atomic E-state index is 10.8. The summed E-state index contributed by atoms with van der Waals surface area (Å²) in [5.41, 5.74) is 6.73. The summed E-state index contributed by atoms with van der Waals surface area (Å²) in [5.74, 6) is 0.534. The highest BCUT2D eigenvalue weighted by Gasteiger charge is 2.26. The topological polar surface area (TPSA) is 59.2 Å². The van der Waals surface area contributed by atoms with Crippen LogP contribution in [0.1, 0.15) is 24.4 Å². The summed E-state index contributed by atoms with van der Waals surface area (Å²) in [5, 5.41) is 0. The predicted molar refractivity (Wildman–Crippen MR) is 53.4 cm³/mol. The number of hydrogen-bond donors (Lipinski definition) is 1. The molecule has 1 saturated heterocycles. The Hall–Kier alpha value is -1.58. The molecule has 4 nitrogen and oxygen atoms in total. The number of nitrogen functional groups attached to an aromatic ring is 1. The molecule has 2 rings (SSSR count). The second kappa shape index (κ2) is 3.65. The molecule has 1 aliphatic rings. The van der Waals surface area contributed by atoms with Gasteiger partial charge in [0.1, 0.15) is 5.82 Å². The van der Waals surface area contributed by atoms with Crippen LogP contribution in [0, 0.1) is 0 Å². The summed E-state index contributed by atoms with van der Waals surface area (Å²) < 4.78 is 0. The van der Waals surface area contributed by atoms with E-state index in [4.69, 9.17) is 5.73 Å². The Balaban J connectivity index is 2.30. The first-order chi connectivity index (χ1) is 6.83. The van der Waals surface area contributed by atoms with Crippen LogP contribution in [-0.2, 0) is 4.79 Å². The van der Waals surface area contributed by atoms with Crippen molar-refractivity contribution in [1.29, 1.82) is 0 Å². The summed E-state index contributed by atoms with van der Waals surface area (Å²) in [6.07, 6.45) is 4.58. The van der Waals surface area contributed by atoms with Crippen LogP contribution in [0.15, 0.2) is 18.3 Å². The zero-order valence-corrected chi connectivity index (χ0v) is 7.89. The van der Waals surface area contributed by atoms with E-state index in [1.807, 2.05) is 12.1 Å². The van der Waals surface area contributed by atoms with Crippen LogP contribution in [0.2, 0.25) is 0 Å². The number of pyridine rings is 1. The van der Waals surface area contributed by atoms with Gasteiger partial charge in [0.2, 0.25) is 6.41 Å². The minimum atomic E-state index is 0.126. The third-order valence-electron chi connectivity index (χ3n) is 2.66. The molecule has 2 heterocycles. The highest BCUT2D eigenvalue weighted by atomic mass is 16.1. The number of hydrogen-bond acceptors (Lipinski definition) is 3. The molecule has 4 heteroatoms. The number of likely N-dealkylation sites (tertiary alicyclic amines) is 1. The number of nitrogens with two attached hydrogens (primary N) is 1. The van der Waals surface area contributed by atoms with Crippen LogP contribution in [0.4, 0.5) is 5.82 Å². The van der Waals surface area contributed by atoms with Gasteiger partial charge in [0, 0.05) is 18.3 Å². The van der Waals surface area contributed by atoms with Gasteiger partial charge >= 0.3 is 0 Å². The normalized spacial score (nSPS) is 21.1. The van der Waals surface area contributed by atoms with Crippen molar-refractivity contribution in [3.63, 3.8) is 0 Å². The van der Waals surface area contributed by atoms with Crippen LogP contribution in [0.3, 0.4) is 0 Å². The van der Waals surface area contributed by atoms with Crippen LogP contribution in [0.25, 0.3) is 0 Å². The zero-order valence-electron chi connectivity index (χ0n) is 7.89. The lowest BCUT2D eigenvalue weighted by Gasteiger charge is -2.20. The third-order valence-corrected chi connectivity index (χ3v) is 2.66. The molecule has 1 aromatic rings. The maximum atomic E-state index is 10.8.